The van der Waals surface area contributed by atoms with Crippen molar-refractivity contribution in [2.24, 2.45) is 0 Å². The molecule has 178 valence electrons. The fourth-order valence-electron chi connectivity index (χ4n) is 3.92. The van der Waals surface area contributed by atoms with Gasteiger partial charge < -0.3 is 9.80 Å². The zero-order valence-corrected chi connectivity index (χ0v) is 19.9. The van der Waals surface area contributed by atoms with E-state index in [1.165, 1.54) is 23.4 Å². The number of hydrogen-bond donors (Lipinski definition) is 0. The summed E-state index contributed by atoms with van der Waals surface area (Å²) in [7, 11) is 0. The van der Waals surface area contributed by atoms with Crippen LogP contribution in [0.4, 0.5) is 11.4 Å². The van der Waals surface area contributed by atoms with Gasteiger partial charge in [0.25, 0.3) is 5.69 Å². The molecule has 3 aromatic rings. The second-order valence-corrected chi connectivity index (χ2v) is 8.99. The Labute approximate surface area is 202 Å². The highest BCUT2D eigenvalue weighted by atomic mass is 32.2. The minimum absolute atomic E-state index is 0.00308. The van der Waals surface area contributed by atoms with E-state index in [1.807, 2.05) is 17.0 Å². The number of tetrazole rings is 1. The summed E-state index contributed by atoms with van der Waals surface area (Å²) < 4.78 is 1.65. The smallest absolute Gasteiger partial charge is 0.292 e. The molecule has 1 aromatic heterocycles. The van der Waals surface area contributed by atoms with Crippen LogP contribution in [0.3, 0.4) is 0 Å². The first kappa shape index (κ1) is 23.7. The summed E-state index contributed by atoms with van der Waals surface area (Å²) in [6.45, 7) is 4.29. The highest BCUT2D eigenvalue weighted by Crippen LogP contribution is 2.28. The number of carbonyl (C=O) groups is 1. The number of anilines is 1. The lowest BCUT2D eigenvalue weighted by Gasteiger charge is -2.35. The number of unbranched alkanes of at least 4 members (excludes halogenated alkanes) is 1. The maximum atomic E-state index is 12.8. The maximum absolute atomic E-state index is 12.8. The monoisotopic (exact) mass is 481 g/mol. The Morgan fingerprint density at radius 2 is 1.82 bits per heavy atom. The number of benzene rings is 2. The minimum atomic E-state index is -0.369. The van der Waals surface area contributed by atoms with Crippen molar-refractivity contribution in [3.63, 3.8) is 0 Å². The fraction of sp³-hybridized carbons (Fsp3) is 0.391. The van der Waals surface area contributed by atoms with Gasteiger partial charge in [0.1, 0.15) is 5.69 Å². The third-order valence-corrected chi connectivity index (χ3v) is 6.72. The highest BCUT2D eigenvalue weighted by Gasteiger charge is 2.25. The Morgan fingerprint density at radius 1 is 1.09 bits per heavy atom. The number of aryl methyl sites for hydroxylation is 1. The first-order valence-electron chi connectivity index (χ1n) is 11.3. The number of nitrogens with zero attached hydrogens (tertiary/aromatic N) is 7. The van der Waals surface area contributed by atoms with Gasteiger partial charge in [-0.1, -0.05) is 49.4 Å². The maximum Gasteiger partial charge on any atom is 0.292 e. The normalized spacial score (nSPS) is 13.8. The number of aromatic nitrogens is 4. The summed E-state index contributed by atoms with van der Waals surface area (Å²) in [5.74, 6) is 0.220. The lowest BCUT2D eigenvalue weighted by molar-refractivity contribution is -0.384. The third-order valence-electron chi connectivity index (χ3n) is 5.82. The molecule has 34 heavy (non-hydrogen) atoms. The van der Waals surface area contributed by atoms with E-state index in [1.54, 1.807) is 27.8 Å². The Morgan fingerprint density at radius 3 is 2.53 bits per heavy atom. The van der Waals surface area contributed by atoms with Crippen LogP contribution in [-0.2, 0) is 11.2 Å². The van der Waals surface area contributed by atoms with Crippen LogP contribution in [0.15, 0.2) is 53.7 Å². The molecule has 0 unspecified atom stereocenters. The molecule has 1 amide bonds. The van der Waals surface area contributed by atoms with Crippen LogP contribution in [0.1, 0.15) is 25.3 Å². The van der Waals surface area contributed by atoms with Gasteiger partial charge in [0, 0.05) is 32.2 Å². The Bertz CT molecular complexity index is 1130. The van der Waals surface area contributed by atoms with Gasteiger partial charge in [0.05, 0.1) is 16.4 Å². The van der Waals surface area contributed by atoms with Crippen LogP contribution in [-0.4, -0.2) is 67.9 Å². The number of thioether (sulfide) groups is 1. The highest BCUT2D eigenvalue weighted by molar-refractivity contribution is 7.99. The van der Waals surface area contributed by atoms with Crippen molar-refractivity contribution in [3.05, 3.63) is 64.2 Å². The Hall–Kier alpha value is -3.47. The average molecular weight is 482 g/mol. The van der Waals surface area contributed by atoms with Crippen LogP contribution in [0.25, 0.3) is 5.69 Å². The Balaban J connectivity index is 1.32. The van der Waals surface area contributed by atoms with Gasteiger partial charge in [0.15, 0.2) is 0 Å². The first-order chi connectivity index (χ1) is 16.6. The molecule has 1 fully saturated rings. The standard InChI is InChI=1S/C23H27N7O3S/c1-2-3-6-18-9-11-19(12-10-18)29-23(24-25-26-29)34-17-22(31)28-15-13-27(14-16-28)20-7-4-5-8-21(20)30(32)33/h4-5,7-12H,2-3,6,13-17H2,1H3. The zero-order chi connectivity index (χ0) is 23.9. The van der Waals surface area contributed by atoms with Crippen LogP contribution in [0.5, 0.6) is 0 Å². The molecule has 2 heterocycles. The SMILES string of the molecule is CCCCc1ccc(-n2nnnc2SCC(=O)N2CCN(c3ccccc3[N+](=O)[O-])CC2)cc1. The molecule has 1 aliphatic rings. The van der Waals surface area contributed by atoms with E-state index in [4.69, 9.17) is 0 Å². The molecule has 0 saturated carbocycles. The largest absolute Gasteiger partial charge is 0.362 e. The number of para-hydroxylation sites is 2. The molecule has 0 spiro atoms. The van der Waals surface area contributed by atoms with Crippen molar-refractivity contribution in [3.8, 4) is 5.69 Å². The predicted octanol–water partition coefficient (Wildman–Crippen LogP) is 3.35. The Kier molecular flexibility index (Phi) is 7.73. The van der Waals surface area contributed by atoms with Gasteiger partial charge in [-0.25, -0.2) is 0 Å². The van der Waals surface area contributed by atoms with E-state index in [2.05, 4.69) is 34.6 Å². The lowest BCUT2D eigenvalue weighted by atomic mass is 10.1. The number of amides is 1. The second kappa shape index (κ2) is 11.1. The van der Waals surface area contributed by atoms with Crippen molar-refractivity contribution in [2.75, 3.05) is 36.8 Å². The van der Waals surface area contributed by atoms with E-state index in [-0.39, 0.29) is 22.3 Å². The summed E-state index contributed by atoms with van der Waals surface area (Å²) in [5.41, 5.74) is 2.82. The van der Waals surface area contributed by atoms with Crippen LogP contribution < -0.4 is 4.90 Å². The molecule has 0 radical (unpaired) electrons. The van der Waals surface area contributed by atoms with Gasteiger partial charge >= 0.3 is 0 Å². The van der Waals surface area contributed by atoms with Crippen molar-refractivity contribution in [1.82, 2.24) is 25.1 Å². The molecule has 2 aromatic carbocycles. The van der Waals surface area contributed by atoms with Crippen LogP contribution >= 0.6 is 11.8 Å². The van der Waals surface area contributed by atoms with Crippen molar-refractivity contribution < 1.29 is 9.72 Å². The number of piperazine rings is 1. The van der Waals surface area contributed by atoms with E-state index < -0.39 is 0 Å². The lowest BCUT2D eigenvalue weighted by Crippen LogP contribution is -2.49. The molecular weight excluding hydrogens is 454 g/mol. The molecule has 4 rings (SSSR count). The summed E-state index contributed by atoms with van der Waals surface area (Å²) in [6, 6.07) is 14.9. The average Bonchev–Trinajstić information content (AvgIpc) is 3.35. The number of hydrogen-bond acceptors (Lipinski definition) is 8. The molecule has 10 nitrogen and oxygen atoms in total. The van der Waals surface area contributed by atoms with E-state index in [0.29, 0.717) is 37.0 Å². The van der Waals surface area contributed by atoms with Gasteiger partial charge in [-0.15, -0.1) is 5.10 Å². The molecule has 1 aliphatic heterocycles. The van der Waals surface area contributed by atoms with Gasteiger partial charge in [-0.05, 0) is 47.0 Å². The molecule has 0 bridgehead atoms. The van der Waals surface area contributed by atoms with Crippen molar-refractivity contribution in [1.29, 1.82) is 0 Å². The second-order valence-electron chi connectivity index (χ2n) is 8.05. The number of rotatable bonds is 9. The molecule has 0 aliphatic carbocycles. The summed E-state index contributed by atoms with van der Waals surface area (Å²) >= 11 is 1.30. The van der Waals surface area contributed by atoms with Crippen molar-refractivity contribution in [2.45, 2.75) is 31.3 Å². The third kappa shape index (κ3) is 5.53. The van der Waals surface area contributed by atoms with Crippen LogP contribution in [0.2, 0.25) is 0 Å². The van der Waals surface area contributed by atoms with Crippen molar-refractivity contribution >= 4 is 29.0 Å². The first-order valence-corrected chi connectivity index (χ1v) is 12.3. The number of nitro groups is 1. The molecule has 0 N–H and O–H groups in total. The molecular formula is C23H27N7O3S. The molecule has 11 heteroatoms. The summed E-state index contributed by atoms with van der Waals surface area (Å²) in [5, 5.41) is 23.8. The summed E-state index contributed by atoms with van der Waals surface area (Å²) in [6.07, 6.45) is 3.36. The van der Waals surface area contributed by atoms with Crippen LogP contribution in [0, 0.1) is 10.1 Å². The van der Waals surface area contributed by atoms with E-state index in [0.717, 1.165) is 24.9 Å². The molecule has 1 saturated heterocycles. The minimum Gasteiger partial charge on any atom is -0.362 e. The fourth-order valence-corrected chi connectivity index (χ4v) is 4.71. The van der Waals surface area contributed by atoms with E-state index in [9.17, 15) is 14.9 Å². The van der Waals surface area contributed by atoms with Gasteiger partial charge in [-0.2, -0.15) is 4.68 Å². The van der Waals surface area contributed by atoms with E-state index >= 15 is 0 Å². The zero-order valence-electron chi connectivity index (χ0n) is 19.0. The number of carbonyl (C=O) groups excluding carboxylic acids is 1. The predicted molar refractivity (Wildman–Crippen MR) is 130 cm³/mol. The van der Waals surface area contributed by atoms with Gasteiger partial charge in [-0.3, -0.25) is 14.9 Å². The summed E-state index contributed by atoms with van der Waals surface area (Å²) in [4.78, 5) is 27.5. The molecule has 0 atom stereocenters. The quantitative estimate of drug-likeness (QED) is 0.260. The number of nitro benzene ring substituents is 1. The van der Waals surface area contributed by atoms with Gasteiger partial charge in [0.2, 0.25) is 11.1 Å². The topological polar surface area (TPSA) is 110 Å².